The van der Waals surface area contributed by atoms with Gasteiger partial charge in [0.1, 0.15) is 0 Å². The molecule has 0 aliphatic carbocycles. The van der Waals surface area contributed by atoms with E-state index in [1.54, 1.807) is 30.3 Å². The number of nitrogens with two attached hydrogens (primary N) is 1. The highest BCUT2D eigenvalue weighted by molar-refractivity contribution is 6.30. The average molecular weight is 225 g/mol. The van der Waals surface area contributed by atoms with Crippen LogP contribution >= 0.6 is 11.6 Å². The van der Waals surface area contributed by atoms with Crippen molar-refractivity contribution in [3.05, 3.63) is 41.9 Å². The first-order valence-corrected chi connectivity index (χ1v) is 4.94. The number of hydrogen-bond acceptors (Lipinski definition) is 2. The monoisotopic (exact) mass is 224 g/mol. The molecule has 0 aromatic heterocycles. The molecule has 3 nitrogen and oxygen atoms in total. The van der Waals surface area contributed by atoms with E-state index in [9.17, 15) is 4.79 Å². The van der Waals surface area contributed by atoms with Crippen LogP contribution in [0.2, 0.25) is 5.02 Å². The standard InChI is InChI=1S/C11H13ClN2O/c1-2-4-10(13)11(15)14-9-6-3-5-8(12)7-9/h2-3,5-7,10H,1,4,13H2,(H,14,15). The summed E-state index contributed by atoms with van der Waals surface area (Å²) < 4.78 is 0. The summed E-state index contributed by atoms with van der Waals surface area (Å²) in [5.74, 6) is -0.239. The Labute approximate surface area is 93.9 Å². The van der Waals surface area contributed by atoms with Crippen molar-refractivity contribution in [2.24, 2.45) is 5.73 Å². The van der Waals surface area contributed by atoms with Crippen LogP contribution in [0.4, 0.5) is 5.69 Å². The summed E-state index contributed by atoms with van der Waals surface area (Å²) in [5.41, 5.74) is 6.24. The molecule has 0 fully saturated rings. The van der Waals surface area contributed by atoms with E-state index in [0.29, 0.717) is 17.1 Å². The fourth-order valence-corrected chi connectivity index (χ4v) is 1.28. The molecule has 0 saturated carbocycles. The van der Waals surface area contributed by atoms with Crippen LogP contribution in [-0.2, 0) is 4.79 Å². The number of carbonyl (C=O) groups is 1. The first-order valence-electron chi connectivity index (χ1n) is 4.56. The minimum atomic E-state index is -0.568. The first-order chi connectivity index (χ1) is 7.13. The molecule has 1 amide bonds. The normalized spacial score (nSPS) is 11.9. The summed E-state index contributed by atoms with van der Waals surface area (Å²) in [6.07, 6.45) is 2.06. The van der Waals surface area contributed by atoms with Crippen molar-refractivity contribution in [3.8, 4) is 0 Å². The second-order valence-electron chi connectivity index (χ2n) is 3.13. The number of carbonyl (C=O) groups excluding carboxylic acids is 1. The Bertz CT molecular complexity index is 365. The second kappa shape index (κ2) is 5.53. The zero-order chi connectivity index (χ0) is 11.3. The Balaban J connectivity index is 2.62. The van der Waals surface area contributed by atoms with Crippen LogP contribution in [0.1, 0.15) is 6.42 Å². The van der Waals surface area contributed by atoms with E-state index in [1.807, 2.05) is 0 Å². The Kier molecular flexibility index (Phi) is 4.34. The molecule has 3 N–H and O–H groups in total. The van der Waals surface area contributed by atoms with Gasteiger partial charge < -0.3 is 11.1 Å². The van der Waals surface area contributed by atoms with Crippen LogP contribution in [0.3, 0.4) is 0 Å². The van der Waals surface area contributed by atoms with Crippen molar-refractivity contribution in [2.75, 3.05) is 5.32 Å². The summed E-state index contributed by atoms with van der Waals surface area (Å²) in [7, 11) is 0. The first kappa shape index (κ1) is 11.8. The molecule has 0 aliphatic rings. The van der Waals surface area contributed by atoms with Gasteiger partial charge in [0.25, 0.3) is 0 Å². The van der Waals surface area contributed by atoms with Crippen molar-refractivity contribution in [1.29, 1.82) is 0 Å². The maximum absolute atomic E-state index is 11.5. The van der Waals surface area contributed by atoms with Crippen molar-refractivity contribution in [3.63, 3.8) is 0 Å². The molecule has 4 heteroatoms. The number of hydrogen-bond donors (Lipinski definition) is 2. The minimum Gasteiger partial charge on any atom is -0.325 e. The van der Waals surface area contributed by atoms with Gasteiger partial charge >= 0.3 is 0 Å². The third-order valence-electron chi connectivity index (χ3n) is 1.85. The minimum absolute atomic E-state index is 0.239. The molecule has 0 spiro atoms. The molecular formula is C11H13ClN2O. The van der Waals surface area contributed by atoms with Gasteiger partial charge in [-0.1, -0.05) is 23.7 Å². The SMILES string of the molecule is C=CCC(N)C(=O)Nc1cccc(Cl)c1. The van der Waals surface area contributed by atoms with Crippen LogP contribution in [0.15, 0.2) is 36.9 Å². The van der Waals surface area contributed by atoms with E-state index in [0.717, 1.165) is 0 Å². The van der Waals surface area contributed by atoms with Gasteiger partial charge in [0, 0.05) is 10.7 Å². The molecule has 0 saturated heterocycles. The number of rotatable bonds is 4. The van der Waals surface area contributed by atoms with Gasteiger partial charge in [0.2, 0.25) is 5.91 Å². The lowest BCUT2D eigenvalue weighted by atomic mass is 10.2. The highest BCUT2D eigenvalue weighted by Crippen LogP contribution is 2.14. The zero-order valence-electron chi connectivity index (χ0n) is 8.24. The summed E-state index contributed by atoms with van der Waals surface area (Å²) in [6, 6.07) is 6.35. The van der Waals surface area contributed by atoms with Crippen LogP contribution in [-0.4, -0.2) is 11.9 Å². The largest absolute Gasteiger partial charge is 0.325 e. The summed E-state index contributed by atoms with van der Waals surface area (Å²) in [5, 5.41) is 3.25. The lowest BCUT2D eigenvalue weighted by Crippen LogP contribution is -2.35. The fourth-order valence-electron chi connectivity index (χ4n) is 1.09. The van der Waals surface area contributed by atoms with Gasteiger partial charge in [0.05, 0.1) is 6.04 Å². The number of nitrogens with one attached hydrogen (secondary N) is 1. The van der Waals surface area contributed by atoms with Gasteiger partial charge in [-0.25, -0.2) is 0 Å². The van der Waals surface area contributed by atoms with Gasteiger partial charge in [-0.15, -0.1) is 6.58 Å². The van der Waals surface area contributed by atoms with E-state index in [-0.39, 0.29) is 5.91 Å². The fraction of sp³-hybridized carbons (Fsp3) is 0.182. The van der Waals surface area contributed by atoms with Crippen molar-refractivity contribution < 1.29 is 4.79 Å². The van der Waals surface area contributed by atoms with Crippen molar-refractivity contribution >= 4 is 23.2 Å². The Hall–Kier alpha value is -1.32. The van der Waals surface area contributed by atoms with Gasteiger partial charge in [-0.2, -0.15) is 0 Å². The molecule has 1 rings (SSSR count). The Morgan fingerprint density at radius 2 is 2.40 bits per heavy atom. The van der Waals surface area contributed by atoms with E-state index in [2.05, 4.69) is 11.9 Å². The van der Waals surface area contributed by atoms with Gasteiger partial charge in [-0.3, -0.25) is 4.79 Å². The van der Waals surface area contributed by atoms with Crippen LogP contribution in [0, 0.1) is 0 Å². The third-order valence-corrected chi connectivity index (χ3v) is 2.08. The molecule has 1 atom stereocenters. The predicted octanol–water partition coefficient (Wildman–Crippen LogP) is 2.18. The lowest BCUT2D eigenvalue weighted by molar-refractivity contribution is -0.117. The molecular weight excluding hydrogens is 212 g/mol. The van der Waals surface area contributed by atoms with Crippen LogP contribution < -0.4 is 11.1 Å². The van der Waals surface area contributed by atoms with Crippen LogP contribution in [0.5, 0.6) is 0 Å². The van der Waals surface area contributed by atoms with Crippen LogP contribution in [0.25, 0.3) is 0 Å². The number of anilines is 1. The average Bonchev–Trinajstić information content (AvgIpc) is 2.18. The quantitative estimate of drug-likeness (QED) is 0.771. The molecule has 80 valence electrons. The molecule has 1 unspecified atom stereocenters. The Morgan fingerprint density at radius 3 is 3.00 bits per heavy atom. The van der Waals surface area contributed by atoms with Crippen molar-refractivity contribution in [2.45, 2.75) is 12.5 Å². The van der Waals surface area contributed by atoms with E-state index in [4.69, 9.17) is 17.3 Å². The third kappa shape index (κ3) is 3.73. The maximum atomic E-state index is 11.5. The second-order valence-corrected chi connectivity index (χ2v) is 3.57. The number of amides is 1. The number of benzene rings is 1. The summed E-state index contributed by atoms with van der Waals surface area (Å²) >= 11 is 5.77. The molecule has 1 aromatic rings. The van der Waals surface area contributed by atoms with Gasteiger partial charge in [-0.05, 0) is 24.6 Å². The molecule has 0 bridgehead atoms. The summed E-state index contributed by atoms with van der Waals surface area (Å²) in [6.45, 7) is 3.52. The molecule has 0 radical (unpaired) electrons. The number of halogens is 1. The molecule has 1 aromatic carbocycles. The van der Waals surface area contributed by atoms with E-state index < -0.39 is 6.04 Å². The highest BCUT2D eigenvalue weighted by atomic mass is 35.5. The molecule has 0 aliphatic heterocycles. The smallest absolute Gasteiger partial charge is 0.241 e. The molecule has 0 heterocycles. The maximum Gasteiger partial charge on any atom is 0.241 e. The van der Waals surface area contributed by atoms with Gasteiger partial charge in [0.15, 0.2) is 0 Å². The van der Waals surface area contributed by atoms with E-state index >= 15 is 0 Å². The topological polar surface area (TPSA) is 55.1 Å². The summed E-state index contributed by atoms with van der Waals surface area (Å²) in [4.78, 5) is 11.5. The van der Waals surface area contributed by atoms with Crippen molar-refractivity contribution in [1.82, 2.24) is 0 Å². The Morgan fingerprint density at radius 1 is 1.67 bits per heavy atom. The molecule has 15 heavy (non-hydrogen) atoms. The zero-order valence-corrected chi connectivity index (χ0v) is 9.00. The van der Waals surface area contributed by atoms with E-state index in [1.165, 1.54) is 0 Å². The predicted molar refractivity (Wildman–Crippen MR) is 62.9 cm³/mol. The highest BCUT2D eigenvalue weighted by Gasteiger charge is 2.11. The lowest BCUT2D eigenvalue weighted by Gasteiger charge is -2.10.